The second-order valence-electron chi connectivity index (χ2n) is 8.99. The van der Waals surface area contributed by atoms with Crippen LogP contribution in [-0.2, 0) is 20.9 Å². The van der Waals surface area contributed by atoms with Crippen molar-refractivity contribution in [2.75, 3.05) is 5.32 Å². The average molecular weight is 434 g/mol. The predicted molar refractivity (Wildman–Crippen MR) is 118 cm³/mol. The van der Waals surface area contributed by atoms with Gasteiger partial charge in [0.25, 0.3) is 5.91 Å². The fourth-order valence-electron chi connectivity index (χ4n) is 4.27. The first-order chi connectivity index (χ1) is 15.2. The van der Waals surface area contributed by atoms with Crippen LogP contribution in [0.5, 0.6) is 0 Å². The molecule has 1 saturated carbocycles. The van der Waals surface area contributed by atoms with Crippen LogP contribution in [0, 0.1) is 5.82 Å². The van der Waals surface area contributed by atoms with E-state index >= 15 is 0 Å². The third kappa shape index (κ3) is 3.39. The number of halogens is 1. The van der Waals surface area contributed by atoms with E-state index in [1.807, 2.05) is 44.2 Å². The molecule has 32 heavy (non-hydrogen) atoms. The van der Waals surface area contributed by atoms with Gasteiger partial charge in [0, 0.05) is 23.4 Å². The van der Waals surface area contributed by atoms with Crippen molar-refractivity contribution in [3.05, 3.63) is 76.8 Å². The lowest BCUT2D eigenvalue weighted by Gasteiger charge is -2.23. The molecule has 0 bridgehead atoms. The minimum Gasteiger partial charge on any atom is -0.482 e. The highest BCUT2D eigenvalue weighted by Crippen LogP contribution is 2.44. The summed E-state index contributed by atoms with van der Waals surface area (Å²) in [6.07, 6.45) is 3.14. The molecule has 0 radical (unpaired) electrons. The smallest absolute Gasteiger partial charge is 0.323 e. The van der Waals surface area contributed by atoms with Gasteiger partial charge in [0.2, 0.25) is 0 Å². The normalized spacial score (nSPS) is 22.1. The van der Waals surface area contributed by atoms with E-state index in [1.54, 1.807) is 6.07 Å². The molecule has 7 heteroatoms. The molecule has 0 atom stereocenters. The maximum Gasteiger partial charge on any atom is 0.323 e. The standard InChI is InChI=1S/C25H23FN2O4/c1-24(2)18(15-5-3-14(4-6-15)13-27-25(9-10-25)23(30)31)12-20(32-24)21-17-11-16(26)7-8-19(17)28-22(21)29/h3-8,11-12,27H,9-10,13H2,1-2H3,(H,28,29)(H,30,31)/b21-20+. The van der Waals surface area contributed by atoms with E-state index in [2.05, 4.69) is 10.6 Å². The number of benzene rings is 2. The van der Waals surface area contributed by atoms with E-state index in [0.717, 1.165) is 16.7 Å². The van der Waals surface area contributed by atoms with Crippen molar-refractivity contribution in [2.24, 2.45) is 0 Å². The summed E-state index contributed by atoms with van der Waals surface area (Å²) in [7, 11) is 0. The first kappa shape index (κ1) is 20.5. The van der Waals surface area contributed by atoms with E-state index < -0.39 is 22.9 Å². The van der Waals surface area contributed by atoms with Crippen LogP contribution in [0.3, 0.4) is 0 Å². The fourth-order valence-corrected chi connectivity index (χ4v) is 4.27. The number of hydrogen-bond acceptors (Lipinski definition) is 4. The Bertz CT molecular complexity index is 1210. The fraction of sp³-hybridized carbons (Fsp3) is 0.280. The Morgan fingerprint density at radius 1 is 1.19 bits per heavy atom. The Balaban J connectivity index is 1.43. The van der Waals surface area contributed by atoms with Gasteiger partial charge in [0.15, 0.2) is 0 Å². The summed E-state index contributed by atoms with van der Waals surface area (Å²) in [6, 6.07) is 12.0. The highest BCUT2D eigenvalue weighted by molar-refractivity contribution is 6.32. The minimum atomic E-state index is -0.804. The Morgan fingerprint density at radius 2 is 1.91 bits per heavy atom. The molecule has 0 aromatic heterocycles. The quantitative estimate of drug-likeness (QED) is 0.617. The first-order valence-corrected chi connectivity index (χ1v) is 10.5. The van der Waals surface area contributed by atoms with Crippen LogP contribution in [-0.4, -0.2) is 28.1 Å². The van der Waals surface area contributed by atoms with Crippen molar-refractivity contribution >= 4 is 28.7 Å². The van der Waals surface area contributed by atoms with Crippen molar-refractivity contribution in [1.82, 2.24) is 5.32 Å². The Labute approximate surface area is 184 Å². The van der Waals surface area contributed by atoms with Crippen LogP contribution in [0.2, 0.25) is 0 Å². The summed E-state index contributed by atoms with van der Waals surface area (Å²) < 4.78 is 20.0. The second-order valence-corrected chi connectivity index (χ2v) is 8.99. The molecule has 2 aliphatic heterocycles. The summed E-state index contributed by atoms with van der Waals surface area (Å²) >= 11 is 0. The van der Waals surface area contributed by atoms with Crippen molar-refractivity contribution in [1.29, 1.82) is 0 Å². The number of amides is 1. The number of anilines is 1. The summed E-state index contributed by atoms with van der Waals surface area (Å²) in [5.74, 6) is -1.13. The summed E-state index contributed by atoms with van der Waals surface area (Å²) in [6.45, 7) is 4.32. The van der Waals surface area contributed by atoms with Crippen LogP contribution >= 0.6 is 0 Å². The SMILES string of the molecule is CC1(C)O/C(=C2/C(=O)Nc3ccc(F)cc32)C=C1c1ccc(CNC2(C(=O)O)CC2)cc1. The molecule has 1 aliphatic carbocycles. The van der Waals surface area contributed by atoms with Crippen molar-refractivity contribution in [3.63, 3.8) is 0 Å². The zero-order valence-electron chi connectivity index (χ0n) is 17.8. The number of allylic oxidation sites excluding steroid dienone is 1. The number of ether oxygens (including phenoxy) is 1. The minimum absolute atomic E-state index is 0.317. The van der Waals surface area contributed by atoms with Gasteiger partial charge in [-0.1, -0.05) is 24.3 Å². The number of nitrogens with one attached hydrogen (secondary N) is 2. The van der Waals surface area contributed by atoms with Gasteiger partial charge in [-0.3, -0.25) is 14.9 Å². The Hall–Kier alpha value is -3.45. The monoisotopic (exact) mass is 434 g/mol. The highest BCUT2D eigenvalue weighted by atomic mass is 19.1. The molecule has 5 rings (SSSR count). The molecule has 0 saturated heterocycles. The van der Waals surface area contributed by atoms with Crippen molar-refractivity contribution in [3.8, 4) is 0 Å². The molecule has 3 N–H and O–H groups in total. The van der Waals surface area contributed by atoms with Gasteiger partial charge >= 0.3 is 5.97 Å². The van der Waals surface area contributed by atoms with Gasteiger partial charge in [-0.25, -0.2) is 4.39 Å². The third-order valence-corrected chi connectivity index (χ3v) is 6.32. The van der Waals surface area contributed by atoms with E-state index in [0.29, 0.717) is 42.0 Å². The highest BCUT2D eigenvalue weighted by Gasteiger charge is 2.49. The van der Waals surface area contributed by atoms with E-state index in [-0.39, 0.29) is 5.91 Å². The molecule has 164 valence electrons. The lowest BCUT2D eigenvalue weighted by molar-refractivity contribution is -0.140. The van der Waals surface area contributed by atoms with Crippen LogP contribution in [0.1, 0.15) is 43.4 Å². The molecule has 0 spiro atoms. The molecule has 3 aliphatic rings. The Kier molecular flexibility index (Phi) is 4.49. The van der Waals surface area contributed by atoms with Gasteiger partial charge < -0.3 is 15.2 Å². The van der Waals surface area contributed by atoms with Gasteiger partial charge in [0.1, 0.15) is 22.7 Å². The van der Waals surface area contributed by atoms with Crippen LogP contribution in [0.4, 0.5) is 10.1 Å². The van der Waals surface area contributed by atoms with Crippen LogP contribution in [0.15, 0.2) is 54.3 Å². The third-order valence-electron chi connectivity index (χ3n) is 6.32. The molecular formula is C25H23FN2O4. The number of carbonyl (C=O) groups is 2. The van der Waals surface area contributed by atoms with E-state index in [9.17, 15) is 19.1 Å². The number of carbonyl (C=O) groups excluding carboxylic acids is 1. The molecule has 2 aromatic rings. The molecule has 2 heterocycles. The van der Waals surface area contributed by atoms with Gasteiger partial charge in [-0.2, -0.15) is 0 Å². The molecule has 1 amide bonds. The lowest BCUT2D eigenvalue weighted by atomic mass is 9.91. The number of rotatable bonds is 5. The van der Waals surface area contributed by atoms with Crippen LogP contribution < -0.4 is 10.6 Å². The number of aliphatic carboxylic acids is 1. The molecule has 0 unspecified atom stereocenters. The zero-order valence-corrected chi connectivity index (χ0v) is 17.8. The van der Waals surface area contributed by atoms with Crippen molar-refractivity contribution < 1.29 is 23.8 Å². The summed E-state index contributed by atoms with van der Waals surface area (Å²) in [4.78, 5) is 23.9. The van der Waals surface area contributed by atoms with Crippen LogP contribution in [0.25, 0.3) is 11.1 Å². The number of carboxylic acids is 1. The van der Waals surface area contributed by atoms with Gasteiger partial charge in [-0.05, 0) is 62.1 Å². The number of hydrogen-bond donors (Lipinski definition) is 3. The van der Waals surface area contributed by atoms with E-state index in [4.69, 9.17) is 4.74 Å². The predicted octanol–water partition coefficient (Wildman–Crippen LogP) is 4.09. The molecule has 1 fully saturated rings. The molecule has 6 nitrogen and oxygen atoms in total. The maximum absolute atomic E-state index is 13.8. The summed E-state index contributed by atoms with van der Waals surface area (Å²) in [5.41, 5.74) is 2.75. The van der Waals surface area contributed by atoms with E-state index in [1.165, 1.54) is 12.1 Å². The average Bonchev–Trinajstić information content (AvgIpc) is 3.38. The van der Waals surface area contributed by atoms with Gasteiger partial charge in [-0.15, -0.1) is 0 Å². The molecular weight excluding hydrogens is 411 g/mol. The zero-order chi connectivity index (χ0) is 22.7. The van der Waals surface area contributed by atoms with Gasteiger partial charge in [0.05, 0.1) is 5.57 Å². The number of carboxylic acid groups (broad SMARTS) is 1. The Morgan fingerprint density at radius 3 is 2.56 bits per heavy atom. The summed E-state index contributed by atoms with van der Waals surface area (Å²) in [5, 5.41) is 15.2. The molecule has 2 aromatic carbocycles. The maximum atomic E-state index is 13.8. The number of fused-ring (bicyclic) bond motifs is 1. The largest absolute Gasteiger partial charge is 0.482 e. The second kappa shape index (κ2) is 7.03. The van der Waals surface area contributed by atoms with Crippen molar-refractivity contribution in [2.45, 2.75) is 44.4 Å². The topological polar surface area (TPSA) is 87.7 Å². The lowest BCUT2D eigenvalue weighted by Crippen LogP contribution is -2.38. The first-order valence-electron chi connectivity index (χ1n) is 10.5.